The highest BCUT2D eigenvalue weighted by molar-refractivity contribution is 5.99. The van der Waals surface area contributed by atoms with Gasteiger partial charge < -0.3 is 5.32 Å². The topological polar surface area (TPSA) is 68.1 Å². The van der Waals surface area contributed by atoms with Gasteiger partial charge in [0.15, 0.2) is 0 Å². The number of hydrogen-bond donors (Lipinski definition) is 1. The predicted molar refractivity (Wildman–Crippen MR) is 76.4 cm³/mol. The molecule has 0 spiro atoms. The van der Waals surface area contributed by atoms with Crippen LogP contribution >= 0.6 is 0 Å². The third kappa shape index (κ3) is 2.65. The van der Waals surface area contributed by atoms with E-state index in [4.69, 9.17) is 0 Å². The largest absolute Gasteiger partial charge is 0.380 e. The maximum absolute atomic E-state index is 11.0. The average Bonchev–Trinajstić information content (AvgIpc) is 2.38. The fourth-order valence-electron chi connectivity index (χ4n) is 1.90. The quantitative estimate of drug-likeness (QED) is 0.670. The molecule has 0 aliphatic carbocycles. The second-order valence-corrected chi connectivity index (χ2v) is 5.17. The van der Waals surface area contributed by atoms with E-state index in [0.29, 0.717) is 5.39 Å². The van der Waals surface area contributed by atoms with E-state index in [1.165, 1.54) is 6.07 Å². The van der Waals surface area contributed by atoms with Crippen LogP contribution in [0.25, 0.3) is 10.8 Å². The molecule has 1 N–H and O–H groups in total. The Kier molecular flexibility index (Phi) is 3.38. The lowest BCUT2D eigenvalue weighted by atomic mass is 10.00. The average molecular weight is 259 g/mol. The Morgan fingerprint density at radius 2 is 2.05 bits per heavy atom. The molecule has 1 aromatic heterocycles. The van der Waals surface area contributed by atoms with E-state index in [-0.39, 0.29) is 16.1 Å². The van der Waals surface area contributed by atoms with E-state index < -0.39 is 0 Å². The minimum Gasteiger partial charge on any atom is -0.380 e. The number of nitro benzene ring substituents is 1. The molecule has 0 atom stereocenters. The van der Waals surface area contributed by atoms with Crippen LogP contribution < -0.4 is 5.32 Å². The van der Waals surface area contributed by atoms with Crippen LogP contribution in [0.15, 0.2) is 30.6 Å². The standard InChI is InChI=1S/C14H17N3O2/c1-4-14(2,3)16-12-5-6-13(17(18)19)10-7-8-15-9-11(10)12/h5-9,16H,4H2,1-3H3. The number of anilines is 1. The van der Waals surface area contributed by atoms with Crippen molar-refractivity contribution in [1.82, 2.24) is 4.98 Å². The molecule has 1 heterocycles. The first-order valence-corrected chi connectivity index (χ1v) is 6.24. The third-order valence-corrected chi connectivity index (χ3v) is 3.35. The monoisotopic (exact) mass is 259 g/mol. The molecule has 0 saturated heterocycles. The van der Waals surface area contributed by atoms with Crippen LogP contribution in [0.3, 0.4) is 0 Å². The highest BCUT2D eigenvalue weighted by Crippen LogP contribution is 2.32. The fourth-order valence-corrected chi connectivity index (χ4v) is 1.90. The minimum absolute atomic E-state index is 0.0705. The molecule has 0 aliphatic heterocycles. The first-order valence-electron chi connectivity index (χ1n) is 6.24. The van der Waals surface area contributed by atoms with Crippen molar-refractivity contribution in [3.63, 3.8) is 0 Å². The smallest absolute Gasteiger partial charge is 0.277 e. The molecule has 0 amide bonds. The van der Waals surface area contributed by atoms with E-state index >= 15 is 0 Å². The molecule has 100 valence electrons. The summed E-state index contributed by atoms with van der Waals surface area (Å²) in [6.45, 7) is 6.28. The molecule has 0 unspecified atom stereocenters. The van der Waals surface area contributed by atoms with Gasteiger partial charge >= 0.3 is 0 Å². The molecule has 2 rings (SSSR count). The number of nitrogens with zero attached hydrogens (tertiary/aromatic N) is 2. The molecular weight excluding hydrogens is 242 g/mol. The Labute approximate surface area is 111 Å². The van der Waals surface area contributed by atoms with Gasteiger partial charge in [0, 0.05) is 35.1 Å². The maximum atomic E-state index is 11.0. The zero-order valence-electron chi connectivity index (χ0n) is 11.3. The number of benzene rings is 1. The number of fused-ring (bicyclic) bond motifs is 1. The maximum Gasteiger partial charge on any atom is 0.277 e. The second-order valence-electron chi connectivity index (χ2n) is 5.17. The van der Waals surface area contributed by atoms with E-state index in [9.17, 15) is 10.1 Å². The van der Waals surface area contributed by atoms with Crippen molar-refractivity contribution in [2.24, 2.45) is 0 Å². The SMILES string of the molecule is CCC(C)(C)Nc1ccc([N+](=O)[O-])c2ccncc12. The van der Waals surface area contributed by atoms with Gasteiger partial charge in [-0.05, 0) is 32.4 Å². The Balaban J connectivity index is 2.59. The molecule has 19 heavy (non-hydrogen) atoms. The first-order chi connectivity index (χ1) is 8.94. The van der Waals surface area contributed by atoms with Crippen LogP contribution in [0, 0.1) is 10.1 Å². The van der Waals surface area contributed by atoms with Crippen molar-refractivity contribution in [2.45, 2.75) is 32.7 Å². The van der Waals surface area contributed by atoms with Gasteiger partial charge in [-0.25, -0.2) is 0 Å². The first kappa shape index (κ1) is 13.3. The van der Waals surface area contributed by atoms with Gasteiger partial charge in [0.2, 0.25) is 0 Å². The molecule has 2 aromatic rings. The van der Waals surface area contributed by atoms with E-state index in [2.05, 4.69) is 31.1 Å². The molecule has 0 saturated carbocycles. The summed E-state index contributed by atoms with van der Waals surface area (Å²) < 4.78 is 0. The summed E-state index contributed by atoms with van der Waals surface area (Å²) in [5.41, 5.74) is 0.914. The van der Waals surface area contributed by atoms with Crippen LogP contribution in [-0.4, -0.2) is 15.4 Å². The van der Waals surface area contributed by atoms with Crippen molar-refractivity contribution >= 4 is 22.1 Å². The summed E-state index contributed by atoms with van der Waals surface area (Å²) in [5.74, 6) is 0. The van der Waals surface area contributed by atoms with Gasteiger partial charge in [0.1, 0.15) is 0 Å². The van der Waals surface area contributed by atoms with Gasteiger partial charge in [-0.1, -0.05) is 6.92 Å². The van der Waals surface area contributed by atoms with Crippen molar-refractivity contribution in [2.75, 3.05) is 5.32 Å². The summed E-state index contributed by atoms with van der Waals surface area (Å²) >= 11 is 0. The molecular formula is C14H17N3O2. The van der Waals surface area contributed by atoms with Gasteiger partial charge in [0.05, 0.1) is 10.3 Å². The lowest BCUT2D eigenvalue weighted by Crippen LogP contribution is -2.29. The number of nitrogens with one attached hydrogen (secondary N) is 1. The van der Waals surface area contributed by atoms with Crippen LogP contribution in [0.5, 0.6) is 0 Å². The van der Waals surface area contributed by atoms with Crippen molar-refractivity contribution in [3.8, 4) is 0 Å². The Bertz CT molecular complexity index is 623. The van der Waals surface area contributed by atoms with Crippen LogP contribution in [0.4, 0.5) is 11.4 Å². The van der Waals surface area contributed by atoms with Crippen LogP contribution in [0.1, 0.15) is 27.2 Å². The molecule has 5 heteroatoms. The van der Waals surface area contributed by atoms with Crippen molar-refractivity contribution in [3.05, 3.63) is 40.7 Å². The summed E-state index contributed by atoms with van der Waals surface area (Å²) in [7, 11) is 0. The van der Waals surface area contributed by atoms with Gasteiger partial charge in [-0.2, -0.15) is 0 Å². The number of nitro groups is 1. The normalized spacial score (nSPS) is 11.5. The van der Waals surface area contributed by atoms with Crippen LogP contribution in [0.2, 0.25) is 0 Å². The molecule has 0 fully saturated rings. The predicted octanol–water partition coefficient (Wildman–Crippen LogP) is 3.74. The van der Waals surface area contributed by atoms with E-state index in [0.717, 1.165) is 17.5 Å². The van der Waals surface area contributed by atoms with Crippen LogP contribution in [-0.2, 0) is 0 Å². The zero-order chi connectivity index (χ0) is 14.0. The Hall–Kier alpha value is -2.17. The van der Waals surface area contributed by atoms with E-state index in [1.807, 2.05) is 0 Å². The zero-order valence-corrected chi connectivity index (χ0v) is 11.3. The fraction of sp³-hybridized carbons (Fsp3) is 0.357. The Morgan fingerprint density at radius 3 is 2.68 bits per heavy atom. The summed E-state index contributed by atoms with van der Waals surface area (Å²) in [6, 6.07) is 4.97. The highest BCUT2D eigenvalue weighted by atomic mass is 16.6. The van der Waals surface area contributed by atoms with Crippen molar-refractivity contribution in [1.29, 1.82) is 0 Å². The lowest BCUT2D eigenvalue weighted by Gasteiger charge is -2.26. The van der Waals surface area contributed by atoms with Gasteiger partial charge in [-0.15, -0.1) is 0 Å². The lowest BCUT2D eigenvalue weighted by molar-refractivity contribution is -0.383. The van der Waals surface area contributed by atoms with Gasteiger partial charge in [-0.3, -0.25) is 15.1 Å². The number of hydrogen-bond acceptors (Lipinski definition) is 4. The third-order valence-electron chi connectivity index (χ3n) is 3.35. The molecule has 0 aliphatic rings. The summed E-state index contributed by atoms with van der Waals surface area (Å²) in [6.07, 6.45) is 4.19. The molecule has 1 aromatic carbocycles. The number of non-ortho nitro benzene ring substituents is 1. The summed E-state index contributed by atoms with van der Waals surface area (Å²) in [4.78, 5) is 14.7. The summed E-state index contributed by atoms with van der Waals surface area (Å²) in [5, 5.41) is 15.8. The van der Waals surface area contributed by atoms with E-state index in [1.54, 1.807) is 24.5 Å². The van der Waals surface area contributed by atoms with Gasteiger partial charge in [0.25, 0.3) is 5.69 Å². The second kappa shape index (κ2) is 4.84. The number of rotatable bonds is 4. The van der Waals surface area contributed by atoms with Crippen molar-refractivity contribution < 1.29 is 4.92 Å². The highest BCUT2D eigenvalue weighted by Gasteiger charge is 2.19. The minimum atomic E-state index is -0.364. The number of pyridine rings is 1. The molecule has 0 bridgehead atoms. The number of aromatic nitrogens is 1. The molecule has 0 radical (unpaired) electrons. The Morgan fingerprint density at radius 1 is 1.32 bits per heavy atom. The molecule has 5 nitrogen and oxygen atoms in total.